The van der Waals surface area contributed by atoms with Gasteiger partial charge in [-0.15, -0.1) is 11.3 Å². The molecule has 1 aliphatic rings. The average Bonchev–Trinajstić information content (AvgIpc) is 3.03. The Bertz CT molecular complexity index is 936. The van der Waals surface area contributed by atoms with Crippen molar-refractivity contribution < 1.29 is 0 Å². The topological polar surface area (TPSA) is 50.2 Å². The van der Waals surface area contributed by atoms with Gasteiger partial charge in [-0.05, 0) is 12.5 Å². The molecule has 0 amide bonds. The van der Waals surface area contributed by atoms with Crippen molar-refractivity contribution in [3.8, 4) is 11.1 Å². The van der Waals surface area contributed by atoms with E-state index >= 15 is 0 Å². The first kappa shape index (κ1) is 15.4. The van der Waals surface area contributed by atoms with Gasteiger partial charge in [-0.3, -0.25) is 9.36 Å². The Morgan fingerprint density at radius 1 is 1.17 bits per heavy atom. The molecule has 1 fully saturated rings. The molecule has 0 spiro atoms. The van der Waals surface area contributed by atoms with E-state index in [4.69, 9.17) is 4.98 Å². The summed E-state index contributed by atoms with van der Waals surface area (Å²) in [6.45, 7) is 5.67. The molecule has 1 N–H and O–H groups in total. The first-order chi connectivity index (χ1) is 11.6. The first-order valence-corrected chi connectivity index (χ1v) is 9.04. The molecule has 24 heavy (non-hydrogen) atoms. The molecule has 2 aromatic heterocycles. The van der Waals surface area contributed by atoms with Crippen molar-refractivity contribution in [1.29, 1.82) is 0 Å². The predicted octanol–water partition coefficient (Wildman–Crippen LogP) is 2.38. The first-order valence-electron chi connectivity index (χ1n) is 8.16. The van der Waals surface area contributed by atoms with Crippen molar-refractivity contribution in [2.75, 3.05) is 31.1 Å². The van der Waals surface area contributed by atoms with Crippen LogP contribution in [0.3, 0.4) is 0 Å². The highest BCUT2D eigenvalue weighted by Crippen LogP contribution is 2.32. The molecule has 0 aliphatic carbocycles. The summed E-state index contributed by atoms with van der Waals surface area (Å²) in [5, 5.41) is 6.11. The Labute approximate surface area is 144 Å². The smallest absolute Gasteiger partial charge is 0.264 e. The molecule has 4 rings (SSSR count). The van der Waals surface area contributed by atoms with Crippen LogP contribution in [0.4, 0.5) is 5.95 Å². The molecule has 0 radical (unpaired) electrons. The van der Waals surface area contributed by atoms with Gasteiger partial charge in [0.2, 0.25) is 5.95 Å². The lowest BCUT2D eigenvalue weighted by molar-refractivity contribution is 0.570. The second-order valence-electron chi connectivity index (χ2n) is 6.21. The third-order valence-electron chi connectivity index (χ3n) is 4.55. The minimum absolute atomic E-state index is 0.0327. The number of nitrogens with zero attached hydrogens (tertiary/aromatic N) is 3. The molecule has 0 unspecified atom stereocenters. The van der Waals surface area contributed by atoms with Gasteiger partial charge >= 0.3 is 0 Å². The monoisotopic (exact) mass is 340 g/mol. The van der Waals surface area contributed by atoms with E-state index in [1.807, 2.05) is 12.4 Å². The number of hydrogen-bond donors (Lipinski definition) is 1. The summed E-state index contributed by atoms with van der Waals surface area (Å²) >= 11 is 1.55. The van der Waals surface area contributed by atoms with Crippen molar-refractivity contribution in [1.82, 2.24) is 14.9 Å². The van der Waals surface area contributed by atoms with Crippen LogP contribution in [0.2, 0.25) is 0 Å². The molecule has 1 aromatic carbocycles. The van der Waals surface area contributed by atoms with Gasteiger partial charge in [-0.1, -0.05) is 29.8 Å². The standard InChI is InChI=1S/C18H20N4OS/c1-12-3-5-13(6-4-12)14-11-24-16-15(14)17(23)21(2)18(20-16)22-9-7-19-8-10-22/h3-6,11,19H,7-10H2,1-2H3. The molecule has 5 nitrogen and oxygen atoms in total. The number of benzene rings is 1. The van der Waals surface area contributed by atoms with E-state index in [1.54, 1.807) is 15.9 Å². The van der Waals surface area contributed by atoms with Crippen molar-refractivity contribution in [3.63, 3.8) is 0 Å². The summed E-state index contributed by atoms with van der Waals surface area (Å²) in [7, 11) is 1.82. The van der Waals surface area contributed by atoms with Crippen LogP contribution in [0.1, 0.15) is 5.56 Å². The summed E-state index contributed by atoms with van der Waals surface area (Å²) in [5.41, 5.74) is 3.30. The summed E-state index contributed by atoms with van der Waals surface area (Å²) < 4.78 is 1.69. The number of anilines is 1. The maximum Gasteiger partial charge on any atom is 0.264 e. The number of fused-ring (bicyclic) bond motifs is 1. The average molecular weight is 340 g/mol. The zero-order valence-electron chi connectivity index (χ0n) is 13.9. The number of nitrogens with one attached hydrogen (secondary N) is 1. The van der Waals surface area contributed by atoms with E-state index in [-0.39, 0.29) is 5.56 Å². The van der Waals surface area contributed by atoms with Gasteiger partial charge < -0.3 is 10.2 Å². The van der Waals surface area contributed by atoms with E-state index in [2.05, 4.69) is 41.4 Å². The van der Waals surface area contributed by atoms with Crippen molar-refractivity contribution in [2.24, 2.45) is 7.05 Å². The molecule has 0 bridgehead atoms. The molecular weight excluding hydrogens is 320 g/mol. The van der Waals surface area contributed by atoms with Crippen molar-refractivity contribution in [3.05, 3.63) is 45.6 Å². The van der Waals surface area contributed by atoms with E-state index in [0.29, 0.717) is 0 Å². The molecular formula is C18H20N4OS. The zero-order chi connectivity index (χ0) is 16.7. The van der Waals surface area contributed by atoms with Crippen LogP contribution in [-0.2, 0) is 7.05 Å². The maximum absolute atomic E-state index is 13.0. The Morgan fingerprint density at radius 2 is 1.88 bits per heavy atom. The highest BCUT2D eigenvalue weighted by atomic mass is 32.1. The SMILES string of the molecule is Cc1ccc(-c2csc3nc(N4CCNCC4)n(C)c(=O)c23)cc1. The minimum atomic E-state index is 0.0327. The predicted molar refractivity (Wildman–Crippen MR) is 100 cm³/mol. The van der Waals surface area contributed by atoms with Crippen LogP contribution in [0.5, 0.6) is 0 Å². The van der Waals surface area contributed by atoms with Crippen LogP contribution >= 0.6 is 11.3 Å². The Kier molecular flexibility index (Phi) is 3.86. The third-order valence-corrected chi connectivity index (χ3v) is 5.43. The molecule has 124 valence electrons. The van der Waals surface area contributed by atoms with Gasteiger partial charge in [-0.2, -0.15) is 0 Å². The number of rotatable bonds is 2. The molecule has 6 heteroatoms. The quantitative estimate of drug-likeness (QED) is 0.778. The lowest BCUT2D eigenvalue weighted by Gasteiger charge is -2.29. The summed E-state index contributed by atoms with van der Waals surface area (Å²) in [5.74, 6) is 0.770. The van der Waals surface area contributed by atoms with Gasteiger partial charge in [0.05, 0.1) is 5.39 Å². The fourth-order valence-corrected chi connectivity index (χ4v) is 4.09. The van der Waals surface area contributed by atoms with Crippen LogP contribution in [-0.4, -0.2) is 35.7 Å². The second-order valence-corrected chi connectivity index (χ2v) is 7.07. The lowest BCUT2D eigenvalue weighted by atomic mass is 10.1. The van der Waals surface area contributed by atoms with Crippen LogP contribution < -0.4 is 15.8 Å². The molecule has 0 atom stereocenters. The van der Waals surface area contributed by atoms with Gasteiger partial charge in [0.25, 0.3) is 5.56 Å². The Morgan fingerprint density at radius 3 is 2.58 bits per heavy atom. The molecule has 1 aliphatic heterocycles. The van der Waals surface area contributed by atoms with Gasteiger partial charge in [-0.25, -0.2) is 4.98 Å². The van der Waals surface area contributed by atoms with Crippen LogP contribution in [0.15, 0.2) is 34.4 Å². The van der Waals surface area contributed by atoms with E-state index in [1.165, 1.54) is 5.56 Å². The summed E-state index contributed by atoms with van der Waals surface area (Å²) in [6.07, 6.45) is 0. The van der Waals surface area contributed by atoms with Gasteiger partial charge in [0, 0.05) is 44.2 Å². The van der Waals surface area contributed by atoms with Crippen molar-refractivity contribution >= 4 is 27.5 Å². The number of aryl methyl sites for hydroxylation is 1. The number of aromatic nitrogens is 2. The zero-order valence-corrected chi connectivity index (χ0v) is 14.7. The maximum atomic E-state index is 13.0. The third kappa shape index (κ3) is 2.52. The second kappa shape index (κ2) is 6.03. The highest BCUT2D eigenvalue weighted by molar-refractivity contribution is 7.17. The van der Waals surface area contributed by atoms with Gasteiger partial charge in [0.15, 0.2) is 0 Å². The number of thiophene rings is 1. The van der Waals surface area contributed by atoms with E-state index in [0.717, 1.165) is 53.5 Å². The fraction of sp³-hybridized carbons (Fsp3) is 0.333. The largest absolute Gasteiger partial charge is 0.340 e. The summed E-state index contributed by atoms with van der Waals surface area (Å²) in [4.78, 5) is 20.8. The Hall–Kier alpha value is -2.18. The molecule has 0 saturated carbocycles. The van der Waals surface area contributed by atoms with Gasteiger partial charge in [0.1, 0.15) is 4.83 Å². The van der Waals surface area contributed by atoms with Crippen LogP contribution in [0, 0.1) is 6.92 Å². The Balaban J connectivity index is 1.87. The number of hydrogen-bond acceptors (Lipinski definition) is 5. The van der Waals surface area contributed by atoms with E-state index < -0.39 is 0 Å². The molecule has 3 aromatic rings. The molecule has 1 saturated heterocycles. The minimum Gasteiger partial charge on any atom is -0.340 e. The fourth-order valence-electron chi connectivity index (χ4n) is 3.15. The summed E-state index contributed by atoms with van der Waals surface area (Å²) in [6, 6.07) is 8.29. The highest BCUT2D eigenvalue weighted by Gasteiger charge is 2.20. The number of piperazine rings is 1. The van der Waals surface area contributed by atoms with E-state index in [9.17, 15) is 4.79 Å². The van der Waals surface area contributed by atoms with Crippen molar-refractivity contribution in [2.45, 2.75) is 6.92 Å². The normalized spacial score (nSPS) is 15.2. The molecule has 3 heterocycles. The lowest BCUT2D eigenvalue weighted by Crippen LogP contribution is -2.45. The van der Waals surface area contributed by atoms with Crippen LogP contribution in [0.25, 0.3) is 21.3 Å².